The van der Waals surface area contributed by atoms with E-state index >= 15 is 0 Å². The van der Waals surface area contributed by atoms with E-state index in [9.17, 15) is 9.59 Å². The molecule has 0 radical (unpaired) electrons. The van der Waals surface area contributed by atoms with Crippen molar-refractivity contribution in [3.63, 3.8) is 0 Å². The Morgan fingerprint density at radius 1 is 1.29 bits per heavy atom. The minimum absolute atomic E-state index is 0.0386. The predicted molar refractivity (Wildman–Crippen MR) is 113 cm³/mol. The molecule has 3 rings (SSSR count). The second kappa shape index (κ2) is 8.48. The molecule has 0 atom stereocenters. The van der Waals surface area contributed by atoms with Gasteiger partial charge in [-0.3, -0.25) is 9.36 Å². The van der Waals surface area contributed by atoms with Crippen molar-refractivity contribution in [2.24, 2.45) is 7.05 Å². The normalized spacial score (nSPS) is 10.9. The minimum atomic E-state index is -0.376. The molecule has 0 amide bonds. The SMILES string of the molecule is COC(=O)c1ccccc1NCCc1cc(C)cc2c(=O)n(C)c(SC)nc12. The summed E-state index contributed by atoms with van der Waals surface area (Å²) in [5.74, 6) is -0.376. The summed E-state index contributed by atoms with van der Waals surface area (Å²) >= 11 is 1.45. The van der Waals surface area contributed by atoms with Crippen molar-refractivity contribution in [1.29, 1.82) is 0 Å². The highest BCUT2D eigenvalue weighted by atomic mass is 32.2. The van der Waals surface area contributed by atoms with Gasteiger partial charge in [0.15, 0.2) is 5.16 Å². The van der Waals surface area contributed by atoms with E-state index in [1.165, 1.54) is 18.9 Å². The third-order valence-corrected chi connectivity index (χ3v) is 5.32. The Bertz CT molecular complexity index is 1090. The lowest BCUT2D eigenvalue weighted by Gasteiger charge is -2.13. The monoisotopic (exact) mass is 397 g/mol. The Hall–Kier alpha value is -2.80. The highest BCUT2D eigenvalue weighted by Gasteiger charge is 2.13. The van der Waals surface area contributed by atoms with Gasteiger partial charge in [-0.05, 0) is 48.9 Å². The molecule has 2 aromatic carbocycles. The van der Waals surface area contributed by atoms with Crippen LogP contribution in [0.15, 0.2) is 46.3 Å². The zero-order chi connectivity index (χ0) is 20.3. The van der Waals surface area contributed by atoms with E-state index in [4.69, 9.17) is 9.72 Å². The fourth-order valence-electron chi connectivity index (χ4n) is 3.22. The summed E-state index contributed by atoms with van der Waals surface area (Å²) in [6, 6.07) is 11.2. The first-order valence-corrected chi connectivity index (χ1v) is 10.1. The highest BCUT2D eigenvalue weighted by molar-refractivity contribution is 7.98. The quantitative estimate of drug-likeness (QED) is 0.390. The van der Waals surface area contributed by atoms with Gasteiger partial charge in [0.05, 0.1) is 23.6 Å². The molecule has 3 aromatic rings. The Balaban J connectivity index is 1.91. The lowest BCUT2D eigenvalue weighted by Crippen LogP contribution is -2.21. The molecule has 0 aliphatic carbocycles. The van der Waals surface area contributed by atoms with Crippen LogP contribution in [0.3, 0.4) is 0 Å². The third kappa shape index (κ3) is 3.89. The van der Waals surface area contributed by atoms with Gasteiger partial charge in [-0.1, -0.05) is 30.0 Å². The average molecular weight is 398 g/mol. The van der Waals surface area contributed by atoms with Crippen LogP contribution >= 0.6 is 11.8 Å². The van der Waals surface area contributed by atoms with Gasteiger partial charge in [-0.2, -0.15) is 0 Å². The number of carbonyl (C=O) groups excluding carboxylic acids is 1. The number of rotatable bonds is 6. The number of anilines is 1. The first-order valence-electron chi connectivity index (χ1n) is 8.91. The van der Waals surface area contributed by atoms with Crippen LogP contribution in [0.4, 0.5) is 5.69 Å². The lowest BCUT2D eigenvalue weighted by atomic mass is 10.0. The molecule has 1 heterocycles. The molecule has 6 nitrogen and oxygen atoms in total. The van der Waals surface area contributed by atoms with Crippen LogP contribution in [0, 0.1) is 6.92 Å². The van der Waals surface area contributed by atoms with Gasteiger partial charge in [0, 0.05) is 19.3 Å². The number of nitrogens with zero attached hydrogens (tertiary/aromatic N) is 2. The van der Waals surface area contributed by atoms with Gasteiger partial charge in [0.2, 0.25) is 0 Å². The number of thioether (sulfide) groups is 1. The maximum absolute atomic E-state index is 12.7. The van der Waals surface area contributed by atoms with E-state index in [1.54, 1.807) is 23.7 Å². The number of esters is 1. The van der Waals surface area contributed by atoms with Crippen LogP contribution < -0.4 is 10.9 Å². The molecular formula is C21H23N3O3S. The Morgan fingerprint density at radius 3 is 2.75 bits per heavy atom. The number of para-hydroxylation sites is 1. The summed E-state index contributed by atoms with van der Waals surface area (Å²) in [7, 11) is 3.11. The zero-order valence-corrected chi connectivity index (χ0v) is 17.2. The second-order valence-corrected chi connectivity index (χ2v) is 7.27. The van der Waals surface area contributed by atoms with Crippen molar-refractivity contribution < 1.29 is 9.53 Å². The largest absolute Gasteiger partial charge is 0.465 e. The summed E-state index contributed by atoms with van der Waals surface area (Å²) in [5.41, 5.74) is 3.94. The van der Waals surface area contributed by atoms with Gasteiger partial charge >= 0.3 is 5.97 Å². The predicted octanol–water partition coefficient (Wildman–Crippen LogP) is 3.41. The minimum Gasteiger partial charge on any atom is -0.465 e. The highest BCUT2D eigenvalue weighted by Crippen LogP contribution is 2.21. The van der Waals surface area contributed by atoms with E-state index in [2.05, 4.69) is 11.4 Å². The topological polar surface area (TPSA) is 73.2 Å². The molecule has 0 aliphatic heterocycles. The number of nitrogens with one attached hydrogen (secondary N) is 1. The summed E-state index contributed by atoms with van der Waals surface area (Å²) in [6.07, 6.45) is 2.58. The van der Waals surface area contributed by atoms with Crippen LogP contribution in [0.1, 0.15) is 21.5 Å². The molecule has 0 fully saturated rings. The number of ether oxygens (including phenoxy) is 1. The van der Waals surface area contributed by atoms with Gasteiger partial charge < -0.3 is 10.1 Å². The molecule has 0 spiro atoms. The van der Waals surface area contributed by atoms with Crippen molar-refractivity contribution in [2.45, 2.75) is 18.5 Å². The first kappa shape index (κ1) is 19.9. The molecule has 0 saturated heterocycles. The lowest BCUT2D eigenvalue weighted by molar-refractivity contribution is 0.0602. The van der Waals surface area contributed by atoms with Crippen LogP contribution in [0.5, 0.6) is 0 Å². The van der Waals surface area contributed by atoms with Crippen molar-refractivity contribution in [1.82, 2.24) is 9.55 Å². The van der Waals surface area contributed by atoms with Gasteiger partial charge in [0.1, 0.15) is 0 Å². The smallest absolute Gasteiger partial charge is 0.339 e. The van der Waals surface area contributed by atoms with Crippen LogP contribution in [-0.4, -0.2) is 35.4 Å². The molecule has 7 heteroatoms. The fourth-order valence-corrected chi connectivity index (χ4v) is 3.76. The average Bonchev–Trinajstić information content (AvgIpc) is 2.70. The van der Waals surface area contributed by atoms with Gasteiger partial charge in [-0.25, -0.2) is 9.78 Å². The van der Waals surface area contributed by atoms with E-state index in [1.807, 2.05) is 31.4 Å². The van der Waals surface area contributed by atoms with Crippen LogP contribution in [0.2, 0.25) is 0 Å². The van der Waals surface area contributed by atoms with E-state index in [-0.39, 0.29) is 11.5 Å². The molecule has 28 heavy (non-hydrogen) atoms. The standard InChI is InChI=1S/C21H23N3O3S/c1-13-11-14(18-16(12-13)19(25)24(2)21(23-18)28-4)9-10-22-17-8-6-5-7-15(17)20(26)27-3/h5-8,11-12,22H,9-10H2,1-4H3. The Labute approximate surface area is 167 Å². The van der Waals surface area contributed by atoms with E-state index < -0.39 is 0 Å². The number of hydrogen-bond acceptors (Lipinski definition) is 6. The molecular weight excluding hydrogens is 374 g/mol. The molecule has 1 N–H and O–H groups in total. The van der Waals surface area contributed by atoms with E-state index in [0.717, 1.165) is 22.3 Å². The maximum atomic E-state index is 12.7. The molecule has 146 valence electrons. The summed E-state index contributed by atoms with van der Waals surface area (Å²) < 4.78 is 6.42. The van der Waals surface area contributed by atoms with Crippen LogP contribution in [0.25, 0.3) is 10.9 Å². The number of aromatic nitrogens is 2. The summed E-state index contributed by atoms with van der Waals surface area (Å²) in [6.45, 7) is 2.57. The molecule has 0 aliphatic rings. The van der Waals surface area contributed by atoms with Crippen molar-refractivity contribution in [3.8, 4) is 0 Å². The Kier molecular flexibility index (Phi) is 6.04. The van der Waals surface area contributed by atoms with Crippen molar-refractivity contribution in [2.75, 3.05) is 25.2 Å². The van der Waals surface area contributed by atoms with Crippen molar-refractivity contribution >= 4 is 34.3 Å². The van der Waals surface area contributed by atoms with Gasteiger partial charge in [0.25, 0.3) is 5.56 Å². The fraction of sp³-hybridized carbons (Fsp3) is 0.286. The zero-order valence-electron chi connectivity index (χ0n) is 16.4. The van der Waals surface area contributed by atoms with Gasteiger partial charge in [-0.15, -0.1) is 0 Å². The molecule has 0 saturated carbocycles. The number of hydrogen-bond donors (Lipinski definition) is 1. The summed E-state index contributed by atoms with van der Waals surface area (Å²) in [5, 5.41) is 4.62. The van der Waals surface area contributed by atoms with Crippen LogP contribution in [-0.2, 0) is 18.2 Å². The Morgan fingerprint density at radius 2 is 2.04 bits per heavy atom. The number of methoxy groups -OCH3 is 1. The van der Waals surface area contributed by atoms with E-state index in [0.29, 0.717) is 29.1 Å². The molecule has 1 aromatic heterocycles. The summed E-state index contributed by atoms with van der Waals surface area (Å²) in [4.78, 5) is 29.3. The first-order chi connectivity index (χ1) is 13.5. The third-order valence-electron chi connectivity index (χ3n) is 4.59. The second-order valence-electron chi connectivity index (χ2n) is 6.50. The molecule has 0 unspecified atom stereocenters. The molecule has 0 bridgehead atoms. The van der Waals surface area contributed by atoms with Crippen molar-refractivity contribution in [3.05, 3.63) is 63.4 Å². The number of carbonyl (C=O) groups is 1. The number of benzene rings is 2. The number of aryl methyl sites for hydroxylation is 1. The maximum Gasteiger partial charge on any atom is 0.339 e. The number of fused-ring (bicyclic) bond motifs is 1.